The van der Waals surface area contributed by atoms with E-state index in [4.69, 9.17) is 10.4 Å². The first-order chi connectivity index (χ1) is 9.34. The van der Waals surface area contributed by atoms with E-state index in [1.54, 1.807) is 19.9 Å². The van der Waals surface area contributed by atoms with Crippen molar-refractivity contribution in [1.29, 1.82) is 5.26 Å². The van der Waals surface area contributed by atoms with Crippen molar-refractivity contribution in [3.8, 4) is 6.07 Å². The summed E-state index contributed by atoms with van der Waals surface area (Å²) >= 11 is 1.25. The second-order valence-electron chi connectivity index (χ2n) is 4.84. The van der Waals surface area contributed by atoms with Crippen LogP contribution in [0.5, 0.6) is 0 Å². The highest BCUT2D eigenvalue weighted by Crippen LogP contribution is 2.27. The van der Waals surface area contributed by atoms with Crippen LogP contribution in [0.25, 0.3) is 0 Å². The molecule has 0 radical (unpaired) electrons. The Labute approximate surface area is 122 Å². The van der Waals surface area contributed by atoms with Crippen LogP contribution in [0.2, 0.25) is 0 Å². The highest BCUT2D eigenvalue weighted by atomic mass is 32.2. The molecule has 0 aromatic heterocycles. The van der Waals surface area contributed by atoms with Crippen molar-refractivity contribution in [2.45, 2.75) is 26.3 Å². The van der Waals surface area contributed by atoms with Gasteiger partial charge in [0.25, 0.3) is 5.91 Å². The summed E-state index contributed by atoms with van der Waals surface area (Å²) in [4.78, 5) is 25.0. The number of carbonyl (C=O) groups is 2. The lowest BCUT2D eigenvalue weighted by atomic mass is 10.1. The molecule has 0 spiro atoms. The van der Waals surface area contributed by atoms with Crippen LogP contribution >= 0.6 is 11.8 Å². The number of nitrogens with zero attached hydrogens (tertiary/aromatic N) is 2. The SMILES string of the molecule is CCN1C(=O)CSC1=C=C(C#N)C(=O)NC(C)(C)CO. The predicted molar refractivity (Wildman–Crippen MR) is 75.3 cm³/mol. The summed E-state index contributed by atoms with van der Waals surface area (Å²) in [6, 6.07) is 1.77. The van der Waals surface area contributed by atoms with Crippen molar-refractivity contribution in [3.63, 3.8) is 0 Å². The summed E-state index contributed by atoms with van der Waals surface area (Å²) in [7, 11) is 0. The minimum Gasteiger partial charge on any atom is -0.394 e. The van der Waals surface area contributed by atoms with Gasteiger partial charge in [0, 0.05) is 6.54 Å². The second kappa shape index (κ2) is 6.62. The Kier molecular flexibility index (Phi) is 5.40. The maximum absolute atomic E-state index is 11.9. The third-order valence-corrected chi connectivity index (χ3v) is 3.60. The van der Waals surface area contributed by atoms with E-state index in [0.29, 0.717) is 17.3 Å². The van der Waals surface area contributed by atoms with Gasteiger partial charge in [-0.1, -0.05) is 17.5 Å². The molecule has 1 heterocycles. The zero-order chi connectivity index (χ0) is 15.3. The number of amides is 2. The van der Waals surface area contributed by atoms with Gasteiger partial charge in [0.2, 0.25) is 5.91 Å². The van der Waals surface area contributed by atoms with Gasteiger partial charge in [-0.05, 0) is 20.8 Å². The molecule has 0 aromatic rings. The van der Waals surface area contributed by atoms with Gasteiger partial charge in [-0.2, -0.15) is 5.26 Å². The Bertz CT molecular complexity index is 527. The van der Waals surface area contributed by atoms with Crippen molar-refractivity contribution in [2.24, 2.45) is 0 Å². The van der Waals surface area contributed by atoms with Gasteiger partial charge in [-0.15, -0.1) is 0 Å². The molecule has 1 aliphatic heterocycles. The number of nitrogens with one attached hydrogen (secondary N) is 1. The molecule has 108 valence electrons. The van der Waals surface area contributed by atoms with E-state index >= 15 is 0 Å². The zero-order valence-electron chi connectivity index (χ0n) is 11.7. The van der Waals surface area contributed by atoms with Gasteiger partial charge in [-0.3, -0.25) is 14.5 Å². The predicted octanol–water partition coefficient (Wildman–Crippen LogP) is 0.359. The van der Waals surface area contributed by atoms with Gasteiger partial charge < -0.3 is 10.4 Å². The largest absolute Gasteiger partial charge is 0.394 e. The Morgan fingerprint density at radius 1 is 1.60 bits per heavy atom. The molecular weight excluding hydrogens is 278 g/mol. The summed E-state index contributed by atoms with van der Waals surface area (Å²) < 4.78 is 0. The molecule has 1 aliphatic rings. The van der Waals surface area contributed by atoms with Crippen molar-refractivity contribution in [1.82, 2.24) is 10.2 Å². The standard InChI is InChI=1S/C13H17N3O3S/c1-4-16-10(18)7-20-11(16)5-9(6-14)12(19)15-13(2,3)8-17/h17H,4,7-8H2,1-3H3,(H,15,19). The van der Waals surface area contributed by atoms with Crippen LogP contribution in [-0.2, 0) is 9.59 Å². The Morgan fingerprint density at radius 2 is 2.25 bits per heavy atom. The minimum absolute atomic E-state index is 0.0617. The number of hydrogen-bond donors (Lipinski definition) is 2. The van der Waals surface area contributed by atoms with E-state index in [9.17, 15) is 9.59 Å². The lowest BCUT2D eigenvalue weighted by Crippen LogP contribution is -2.46. The topological polar surface area (TPSA) is 93.4 Å². The van der Waals surface area contributed by atoms with E-state index in [2.05, 4.69) is 11.0 Å². The molecule has 0 atom stereocenters. The molecule has 1 fully saturated rings. The summed E-state index contributed by atoms with van der Waals surface area (Å²) in [6.45, 7) is 5.31. The first-order valence-corrected chi connectivity index (χ1v) is 7.10. The van der Waals surface area contributed by atoms with Crippen molar-refractivity contribution in [2.75, 3.05) is 18.9 Å². The van der Waals surface area contributed by atoms with Crippen LogP contribution < -0.4 is 5.32 Å². The molecule has 7 heteroatoms. The molecule has 1 saturated heterocycles. The molecule has 0 aromatic carbocycles. The van der Waals surface area contributed by atoms with Crippen molar-refractivity contribution in [3.05, 3.63) is 16.3 Å². The summed E-state index contributed by atoms with van der Waals surface area (Å²) in [5.74, 6) is -0.387. The molecule has 2 amide bonds. The van der Waals surface area contributed by atoms with E-state index in [-0.39, 0.29) is 18.1 Å². The number of aliphatic hydroxyl groups excluding tert-OH is 1. The van der Waals surface area contributed by atoms with Gasteiger partial charge in [0.1, 0.15) is 11.1 Å². The molecule has 0 unspecified atom stereocenters. The maximum atomic E-state index is 11.9. The molecule has 20 heavy (non-hydrogen) atoms. The number of hydrogen-bond acceptors (Lipinski definition) is 5. The minimum atomic E-state index is -0.825. The first kappa shape index (κ1) is 16.3. The van der Waals surface area contributed by atoms with E-state index in [1.807, 2.05) is 6.92 Å². The van der Waals surface area contributed by atoms with Crippen LogP contribution in [0.4, 0.5) is 0 Å². The smallest absolute Gasteiger partial charge is 0.270 e. The maximum Gasteiger partial charge on any atom is 0.270 e. The highest BCUT2D eigenvalue weighted by molar-refractivity contribution is 8.04. The second-order valence-corrected chi connectivity index (χ2v) is 5.80. The molecule has 6 nitrogen and oxygen atoms in total. The fourth-order valence-corrected chi connectivity index (χ4v) is 2.45. The Morgan fingerprint density at radius 3 is 2.75 bits per heavy atom. The van der Waals surface area contributed by atoms with Gasteiger partial charge in [-0.25, -0.2) is 0 Å². The molecule has 0 saturated carbocycles. The Hall–Kier alpha value is -1.74. The molecule has 2 N–H and O–H groups in total. The molecule has 0 aliphatic carbocycles. The van der Waals surface area contributed by atoms with Crippen LogP contribution in [-0.4, -0.2) is 46.3 Å². The summed E-state index contributed by atoms with van der Waals surface area (Å²) in [6.07, 6.45) is 0. The average Bonchev–Trinajstić information content (AvgIpc) is 2.75. The van der Waals surface area contributed by atoms with Gasteiger partial charge in [0.05, 0.1) is 17.9 Å². The fraction of sp³-hybridized carbons (Fsp3) is 0.538. The van der Waals surface area contributed by atoms with Crippen molar-refractivity contribution < 1.29 is 14.7 Å². The Balaban J connectivity index is 3.07. The quantitative estimate of drug-likeness (QED) is 0.444. The van der Waals surface area contributed by atoms with E-state index < -0.39 is 11.4 Å². The summed E-state index contributed by atoms with van der Waals surface area (Å²) in [5.41, 5.74) is 1.66. The number of carbonyl (C=O) groups excluding carboxylic acids is 2. The third-order valence-electron chi connectivity index (χ3n) is 2.61. The number of aliphatic hydroxyl groups is 1. The highest BCUT2D eigenvalue weighted by Gasteiger charge is 2.26. The monoisotopic (exact) mass is 295 g/mol. The van der Waals surface area contributed by atoms with Gasteiger partial charge in [0.15, 0.2) is 5.57 Å². The lowest BCUT2D eigenvalue weighted by molar-refractivity contribution is -0.125. The molecule has 1 rings (SSSR count). The lowest BCUT2D eigenvalue weighted by Gasteiger charge is -2.22. The first-order valence-electron chi connectivity index (χ1n) is 6.12. The number of thioether (sulfide) groups is 1. The number of rotatable bonds is 4. The van der Waals surface area contributed by atoms with Crippen LogP contribution in [0.1, 0.15) is 20.8 Å². The zero-order valence-corrected chi connectivity index (χ0v) is 12.5. The fourth-order valence-electron chi connectivity index (χ4n) is 1.47. The molecule has 0 bridgehead atoms. The van der Waals surface area contributed by atoms with Crippen LogP contribution in [0.3, 0.4) is 0 Å². The average molecular weight is 295 g/mol. The van der Waals surface area contributed by atoms with Crippen molar-refractivity contribution >= 4 is 23.6 Å². The van der Waals surface area contributed by atoms with Gasteiger partial charge >= 0.3 is 0 Å². The van der Waals surface area contributed by atoms with E-state index in [0.717, 1.165) is 0 Å². The summed E-state index contributed by atoms with van der Waals surface area (Å²) in [5, 5.41) is 21.2. The van der Waals surface area contributed by atoms with E-state index in [1.165, 1.54) is 16.7 Å². The van der Waals surface area contributed by atoms with Crippen LogP contribution in [0, 0.1) is 11.3 Å². The van der Waals surface area contributed by atoms with Crippen LogP contribution in [0.15, 0.2) is 16.3 Å². The third kappa shape index (κ3) is 3.87. The molecular formula is C13H17N3O3S. The number of nitriles is 1. The normalized spacial score (nSPS) is 14.8.